The SMILES string of the molecule is Cc1cc(/C=N/Nc2ccc(C(F)(F)F)cn2)cn1C(C)C. The molecule has 0 aromatic carbocycles. The highest BCUT2D eigenvalue weighted by Gasteiger charge is 2.30. The van der Waals surface area contributed by atoms with Crippen LogP contribution in [0.3, 0.4) is 0 Å². The first kappa shape index (κ1) is 16.1. The van der Waals surface area contributed by atoms with E-state index in [1.54, 1.807) is 6.21 Å². The number of nitrogens with zero attached hydrogens (tertiary/aromatic N) is 3. The summed E-state index contributed by atoms with van der Waals surface area (Å²) < 4.78 is 39.3. The first-order chi connectivity index (χ1) is 10.3. The van der Waals surface area contributed by atoms with Crippen LogP contribution in [0.4, 0.5) is 19.0 Å². The van der Waals surface area contributed by atoms with Gasteiger partial charge in [-0.15, -0.1) is 0 Å². The second-order valence-corrected chi connectivity index (χ2v) is 5.22. The molecule has 2 aromatic heterocycles. The van der Waals surface area contributed by atoms with E-state index in [1.807, 2.05) is 19.2 Å². The topological polar surface area (TPSA) is 42.2 Å². The van der Waals surface area contributed by atoms with Crippen molar-refractivity contribution in [1.29, 1.82) is 0 Å². The highest BCUT2D eigenvalue weighted by atomic mass is 19.4. The summed E-state index contributed by atoms with van der Waals surface area (Å²) in [7, 11) is 0. The van der Waals surface area contributed by atoms with Crippen molar-refractivity contribution < 1.29 is 13.2 Å². The highest BCUT2D eigenvalue weighted by molar-refractivity contribution is 5.80. The largest absolute Gasteiger partial charge is 0.417 e. The van der Waals surface area contributed by atoms with Crippen molar-refractivity contribution in [2.75, 3.05) is 5.43 Å². The number of nitrogens with one attached hydrogen (secondary N) is 1. The van der Waals surface area contributed by atoms with Crippen molar-refractivity contribution in [2.24, 2.45) is 5.10 Å². The molecule has 4 nitrogen and oxygen atoms in total. The van der Waals surface area contributed by atoms with Crippen molar-refractivity contribution >= 4 is 12.0 Å². The molecule has 1 N–H and O–H groups in total. The van der Waals surface area contributed by atoms with Crippen LogP contribution in [0.15, 0.2) is 35.7 Å². The van der Waals surface area contributed by atoms with E-state index in [1.165, 1.54) is 6.07 Å². The van der Waals surface area contributed by atoms with Crippen LogP contribution in [0.25, 0.3) is 0 Å². The molecule has 22 heavy (non-hydrogen) atoms. The summed E-state index contributed by atoms with van der Waals surface area (Å²) in [5.74, 6) is 0.254. The summed E-state index contributed by atoms with van der Waals surface area (Å²) >= 11 is 0. The molecule has 0 amide bonds. The minimum absolute atomic E-state index is 0.254. The number of hydrogen-bond donors (Lipinski definition) is 1. The number of rotatable bonds is 4. The molecule has 0 unspecified atom stereocenters. The summed E-state index contributed by atoms with van der Waals surface area (Å²) in [6.45, 7) is 6.17. The van der Waals surface area contributed by atoms with Gasteiger partial charge in [-0.3, -0.25) is 5.43 Å². The number of alkyl halides is 3. The lowest BCUT2D eigenvalue weighted by Gasteiger charge is -2.08. The second-order valence-electron chi connectivity index (χ2n) is 5.22. The van der Waals surface area contributed by atoms with E-state index in [-0.39, 0.29) is 5.82 Å². The summed E-state index contributed by atoms with van der Waals surface area (Å²) in [6, 6.07) is 4.53. The summed E-state index contributed by atoms with van der Waals surface area (Å²) in [4.78, 5) is 3.68. The number of hydrazone groups is 1. The predicted molar refractivity (Wildman–Crippen MR) is 80.0 cm³/mol. The van der Waals surface area contributed by atoms with Crippen LogP contribution in [0, 0.1) is 6.92 Å². The van der Waals surface area contributed by atoms with Gasteiger partial charge in [0.15, 0.2) is 0 Å². The Balaban J connectivity index is 2.02. The van der Waals surface area contributed by atoms with Gasteiger partial charge in [-0.05, 0) is 39.0 Å². The number of aromatic nitrogens is 2. The third-order valence-corrected chi connectivity index (χ3v) is 3.11. The van der Waals surface area contributed by atoms with Crippen LogP contribution in [0.5, 0.6) is 0 Å². The maximum Gasteiger partial charge on any atom is 0.417 e. The van der Waals surface area contributed by atoms with Crippen LogP contribution >= 0.6 is 0 Å². The smallest absolute Gasteiger partial charge is 0.349 e. The van der Waals surface area contributed by atoms with E-state index in [0.717, 1.165) is 23.5 Å². The molecule has 2 heterocycles. The van der Waals surface area contributed by atoms with Crippen LogP contribution < -0.4 is 5.43 Å². The molecule has 0 spiro atoms. The van der Waals surface area contributed by atoms with E-state index in [2.05, 4.69) is 33.9 Å². The first-order valence-electron chi connectivity index (χ1n) is 6.78. The quantitative estimate of drug-likeness (QED) is 0.678. The van der Waals surface area contributed by atoms with Crippen LogP contribution in [0.1, 0.15) is 36.7 Å². The Morgan fingerprint density at radius 3 is 2.55 bits per heavy atom. The van der Waals surface area contributed by atoms with E-state index in [9.17, 15) is 13.2 Å². The zero-order valence-electron chi connectivity index (χ0n) is 12.5. The fraction of sp³-hybridized carbons (Fsp3) is 0.333. The third-order valence-electron chi connectivity index (χ3n) is 3.11. The van der Waals surface area contributed by atoms with Gasteiger partial charge in [0, 0.05) is 29.7 Å². The van der Waals surface area contributed by atoms with Gasteiger partial charge in [0.25, 0.3) is 0 Å². The van der Waals surface area contributed by atoms with Crippen molar-refractivity contribution in [1.82, 2.24) is 9.55 Å². The van der Waals surface area contributed by atoms with Gasteiger partial charge in [-0.2, -0.15) is 18.3 Å². The van der Waals surface area contributed by atoms with Crippen molar-refractivity contribution in [2.45, 2.75) is 33.0 Å². The van der Waals surface area contributed by atoms with E-state index >= 15 is 0 Å². The second kappa shape index (κ2) is 6.21. The van der Waals surface area contributed by atoms with Crippen LogP contribution in [0.2, 0.25) is 0 Å². The Labute approximate surface area is 126 Å². The Morgan fingerprint density at radius 1 is 1.32 bits per heavy atom. The maximum absolute atomic E-state index is 12.4. The molecule has 0 fully saturated rings. The van der Waals surface area contributed by atoms with E-state index in [0.29, 0.717) is 6.04 Å². The lowest BCUT2D eigenvalue weighted by atomic mass is 10.3. The van der Waals surface area contributed by atoms with E-state index in [4.69, 9.17) is 0 Å². The Kier molecular flexibility index (Phi) is 4.54. The highest BCUT2D eigenvalue weighted by Crippen LogP contribution is 2.28. The normalized spacial score (nSPS) is 12.3. The maximum atomic E-state index is 12.4. The number of pyridine rings is 1. The molecule has 118 valence electrons. The van der Waals surface area contributed by atoms with Crippen LogP contribution in [-0.4, -0.2) is 15.8 Å². The fourth-order valence-electron chi connectivity index (χ4n) is 2.04. The summed E-state index contributed by atoms with van der Waals surface area (Å²) in [6.07, 6.45) is -0.0418. The molecule has 0 atom stereocenters. The Morgan fingerprint density at radius 2 is 2.05 bits per heavy atom. The van der Waals surface area contributed by atoms with Crippen molar-refractivity contribution in [3.63, 3.8) is 0 Å². The average molecular weight is 310 g/mol. The molecule has 0 saturated heterocycles. The molecular formula is C15H17F3N4. The van der Waals surface area contributed by atoms with Crippen molar-refractivity contribution in [3.8, 4) is 0 Å². The summed E-state index contributed by atoms with van der Waals surface area (Å²) in [5, 5.41) is 3.99. The van der Waals surface area contributed by atoms with Gasteiger partial charge >= 0.3 is 6.18 Å². The molecule has 7 heteroatoms. The lowest BCUT2D eigenvalue weighted by molar-refractivity contribution is -0.137. The molecule has 0 radical (unpaired) electrons. The van der Waals surface area contributed by atoms with Gasteiger partial charge < -0.3 is 4.57 Å². The molecule has 0 aliphatic carbocycles. The number of halogens is 3. The van der Waals surface area contributed by atoms with Gasteiger partial charge in [-0.1, -0.05) is 0 Å². The van der Waals surface area contributed by atoms with Gasteiger partial charge in [0.05, 0.1) is 11.8 Å². The summed E-state index contributed by atoms with van der Waals surface area (Å²) in [5.41, 5.74) is 3.85. The lowest BCUT2D eigenvalue weighted by Crippen LogP contribution is -2.05. The molecule has 0 aliphatic heterocycles. The zero-order chi connectivity index (χ0) is 16.3. The third kappa shape index (κ3) is 3.87. The minimum Gasteiger partial charge on any atom is -0.349 e. The molecule has 2 rings (SSSR count). The van der Waals surface area contributed by atoms with E-state index < -0.39 is 11.7 Å². The monoisotopic (exact) mass is 310 g/mol. The molecular weight excluding hydrogens is 293 g/mol. The minimum atomic E-state index is -4.38. The number of aryl methyl sites for hydroxylation is 1. The predicted octanol–water partition coefficient (Wildman–Crippen LogP) is 4.24. The van der Waals surface area contributed by atoms with Gasteiger partial charge in [0.2, 0.25) is 0 Å². The molecule has 2 aromatic rings. The van der Waals surface area contributed by atoms with Crippen molar-refractivity contribution in [3.05, 3.63) is 47.4 Å². The Hall–Kier alpha value is -2.31. The Bertz CT molecular complexity index is 654. The average Bonchev–Trinajstić information content (AvgIpc) is 2.80. The van der Waals surface area contributed by atoms with Crippen LogP contribution in [-0.2, 0) is 6.18 Å². The van der Waals surface area contributed by atoms with Gasteiger partial charge in [-0.25, -0.2) is 4.98 Å². The molecule has 0 saturated carbocycles. The zero-order valence-corrected chi connectivity index (χ0v) is 12.5. The standard InChI is InChI=1S/C15H17F3N4/c1-10(2)22-9-12(6-11(22)3)7-20-21-14-5-4-13(8-19-14)15(16,17)18/h4-10H,1-3H3,(H,19,21)/b20-7+. The molecule has 0 aliphatic rings. The molecule has 0 bridgehead atoms. The fourth-order valence-corrected chi connectivity index (χ4v) is 2.04. The number of hydrogen-bond acceptors (Lipinski definition) is 3. The number of anilines is 1. The first-order valence-corrected chi connectivity index (χ1v) is 6.78. The van der Waals surface area contributed by atoms with Gasteiger partial charge in [0.1, 0.15) is 5.82 Å².